The zero-order valence-electron chi connectivity index (χ0n) is 12.2. The average molecular weight is 260 g/mol. The molecule has 104 valence electrons. The average Bonchev–Trinajstić information content (AvgIpc) is 2.36. The Morgan fingerprint density at radius 2 is 2.11 bits per heavy atom. The molecule has 1 aromatic rings. The molecule has 2 N–H and O–H groups in total. The molecule has 1 aromatic carbocycles. The van der Waals surface area contributed by atoms with Crippen molar-refractivity contribution in [1.82, 2.24) is 10.6 Å². The van der Waals surface area contributed by atoms with Gasteiger partial charge >= 0.3 is 0 Å². The molecule has 0 saturated carbocycles. The molecule has 0 saturated heterocycles. The van der Waals surface area contributed by atoms with E-state index in [0.717, 1.165) is 38.0 Å². The van der Waals surface area contributed by atoms with Crippen LogP contribution in [0.5, 0.6) is 0 Å². The van der Waals surface area contributed by atoms with Crippen molar-refractivity contribution in [2.75, 3.05) is 13.1 Å². The molecule has 3 heteroatoms. The van der Waals surface area contributed by atoms with Crippen LogP contribution in [0, 0.1) is 5.41 Å². The number of benzene rings is 1. The molecule has 0 atom stereocenters. The minimum Gasteiger partial charge on any atom is -0.352 e. The van der Waals surface area contributed by atoms with Gasteiger partial charge in [-0.15, -0.1) is 0 Å². The summed E-state index contributed by atoms with van der Waals surface area (Å²) < 4.78 is 0. The number of fused-ring (bicyclic) bond motifs is 1. The van der Waals surface area contributed by atoms with Crippen molar-refractivity contribution in [2.24, 2.45) is 5.41 Å². The molecule has 1 aliphatic heterocycles. The maximum absolute atomic E-state index is 12.1. The standard InChI is InChI=1S/C16H24N2O/c1-16(2,3)7-9-18-15(19)13-5-4-12-6-8-17-11-14(12)10-13/h4-5,10,17H,6-9,11H2,1-3H3,(H,18,19). The van der Waals surface area contributed by atoms with Crippen LogP contribution in [0.3, 0.4) is 0 Å². The fraction of sp³-hybridized carbons (Fsp3) is 0.562. The van der Waals surface area contributed by atoms with Gasteiger partial charge in [-0.2, -0.15) is 0 Å². The number of hydrogen-bond acceptors (Lipinski definition) is 2. The Hall–Kier alpha value is -1.35. The number of nitrogens with one attached hydrogen (secondary N) is 2. The highest BCUT2D eigenvalue weighted by Crippen LogP contribution is 2.18. The zero-order chi connectivity index (χ0) is 13.9. The molecule has 0 unspecified atom stereocenters. The summed E-state index contributed by atoms with van der Waals surface area (Å²) in [6.07, 6.45) is 2.05. The molecule has 19 heavy (non-hydrogen) atoms. The summed E-state index contributed by atoms with van der Waals surface area (Å²) in [6.45, 7) is 9.19. The number of carbonyl (C=O) groups is 1. The molecule has 2 rings (SSSR count). The minimum absolute atomic E-state index is 0.0395. The second-order valence-corrected chi connectivity index (χ2v) is 6.48. The Morgan fingerprint density at radius 1 is 1.32 bits per heavy atom. The van der Waals surface area contributed by atoms with E-state index in [-0.39, 0.29) is 11.3 Å². The summed E-state index contributed by atoms with van der Waals surface area (Å²) >= 11 is 0. The Morgan fingerprint density at radius 3 is 2.84 bits per heavy atom. The molecule has 0 aliphatic carbocycles. The van der Waals surface area contributed by atoms with Gasteiger partial charge in [-0.25, -0.2) is 0 Å². The van der Waals surface area contributed by atoms with Gasteiger partial charge in [0.2, 0.25) is 0 Å². The molecular formula is C16H24N2O. The first-order chi connectivity index (χ1) is 8.96. The van der Waals surface area contributed by atoms with E-state index in [1.165, 1.54) is 11.1 Å². The van der Waals surface area contributed by atoms with E-state index >= 15 is 0 Å². The van der Waals surface area contributed by atoms with Gasteiger partial charge in [0.05, 0.1) is 0 Å². The van der Waals surface area contributed by atoms with Crippen LogP contribution in [0.2, 0.25) is 0 Å². The minimum atomic E-state index is 0.0395. The Bertz CT molecular complexity index is 460. The molecular weight excluding hydrogens is 236 g/mol. The zero-order valence-corrected chi connectivity index (χ0v) is 12.2. The molecule has 1 amide bonds. The molecule has 3 nitrogen and oxygen atoms in total. The topological polar surface area (TPSA) is 41.1 Å². The molecule has 0 fully saturated rings. The molecule has 1 heterocycles. The van der Waals surface area contributed by atoms with Crippen molar-refractivity contribution in [1.29, 1.82) is 0 Å². The van der Waals surface area contributed by atoms with Crippen molar-refractivity contribution in [3.8, 4) is 0 Å². The van der Waals surface area contributed by atoms with Crippen molar-refractivity contribution >= 4 is 5.91 Å². The van der Waals surface area contributed by atoms with Gasteiger partial charge in [0, 0.05) is 18.7 Å². The lowest BCUT2D eigenvalue weighted by Gasteiger charge is -2.19. The van der Waals surface area contributed by atoms with E-state index < -0.39 is 0 Å². The predicted octanol–water partition coefficient (Wildman–Crippen LogP) is 2.50. The normalized spacial score (nSPS) is 14.9. The van der Waals surface area contributed by atoms with Crippen molar-refractivity contribution in [3.63, 3.8) is 0 Å². The summed E-state index contributed by atoms with van der Waals surface area (Å²) in [6, 6.07) is 6.05. The lowest BCUT2D eigenvalue weighted by molar-refractivity contribution is 0.0949. The maximum Gasteiger partial charge on any atom is 0.251 e. The van der Waals surface area contributed by atoms with E-state index in [9.17, 15) is 4.79 Å². The third-order valence-corrected chi connectivity index (χ3v) is 3.52. The van der Waals surface area contributed by atoms with Gasteiger partial charge < -0.3 is 10.6 Å². The first-order valence-corrected chi connectivity index (χ1v) is 7.06. The predicted molar refractivity (Wildman–Crippen MR) is 78.3 cm³/mol. The van der Waals surface area contributed by atoms with Crippen LogP contribution in [0.15, 0.2) is 18.2 Å². The molecule has 0 spiro atoms. The smallest absolute Gasteiger partial charge is 0.251 e. The second-order valence-electron chi connectivity index (χ2n) is 6.48. The fourth-order valence-electron chi connectivity index (χ4n) is 2.27. The van der Waals surface area contributed by atoms with Gasteiger partial charge in [-0.1, -0.05) is 26.8 Å². The molecule has 1 aliphatic rings. The molecule has 0 radical (unpaired) electrons. The third kappa shape index (κ3) is 4.06. The summed E-state index contributed by atoms with van der Waals surface area (Å²) in [5.74, 6) is 0.0395. The quantitative estimate of drug-likeness (QED) is 0.876. The molecule has 0 aromatic heterocycles. The van der Waals surface area contributed by atoms with Crippen LogP contribution in [0.1, 0.15) is 48.7 Å². The monoisotopic (exact) mass is 260 g/mol. The van der Waals surface area contributed by atoms with Crippen LogP contribution in [-0.4, -0.2) is 19.0 Å². The van der Waals surface area contributed by atoms with Crippen LogP contribution in [0.25, 0.3) is 0 Å². The SMILES string of the molecule is CC(C)(C)CCNC(=O)c1ccc2c(c1)CNCC2. The molecule has 0 bridgehead atoms. The Balaban J connectivity index is 1.96. The summed E-state index contributed by atoms with van der Waals surface area (Å²) in [7, 11) is 0. The number of rotatable bonds is 3. The van der Waals surface area contributed by atoms with E-state index in [0.29, 0.717) is 0 Å². The van der Waals surface area contributed by atoms with Crippen molar-refractivity contribution < 1.29 is 4.79 Å². The number of hydrogen-bond donors (Lipinski definition) is 2. The van der Waals surface area contributed by atoms with Crippen molar-refractivity contribution in [2.45, 2.75) is 40.2 Å². The van der Waals surface area contributed by atoms with Crippen LogP contribution in [0.4, 0.5) is 0 Å². The Labute approximate surface area is 115 Å². The van der Waals surface area contributed by atoms with Crippen LogP contribution in [-0.2, 0) is 13.0 Å². The third-order valence-electron chi connectivity index (χ3n) is 3.52. The van der Waals surface area contributed by atoms with Gasteiger partial charge in [-0.05, 0) is 48.1 Å². The second kappa shape index (κ2) is 5.74. The summed E-state index contributed by atoms with van der Waals surface area (Å²) in [5, 5.41) is 6.34. The first kappa shape index (κ1) is 14.1. The lowest BCUT2D eigenvalue weighted by atomic mass is 9.92. The fourth-order valence-corrected chi connectivity index (χ4v) is 2.27. The lowest BCUT2D eigenvalue weighted by Crippen LogP contribution is -2.28. The van der Waals surface area contributed by atoms with Gasteiger partial charge in [-0.3, -0.25) is 4.79 Å². The van der Waals surface area contributed by atoms with Gasteiger partial charge in [0.1, 0.15) is 0 Å². The summed E-state index contributed by atoms with van der Waals surface area (Å²) in [4.78, 5) is 12.1. The van der Waals surface area contributed by atoms with Crippen LogP contribution >= 0.6 is 0 Å². The maximum atomic E-state index is 12.1. The number of carbonyl (C=O) groups excluding carboxylic acids is 1. The highest BCUT2D eigenvalue weighted by molar-refractivity contribution is 5.94. The first-order valence-electron chi connectivity index (χ1n) is 7.06. The van der Waals surface area contributed by atoms with Gasteiger partial charge in [0.25, 0.3) is 5.91 Å². The van der Waals surface area contributed by atoms with Gasteiger partial charge in [0.15, 0.2) is 0 Å². The van der Waals surface area contributed by atoms with Crippen molar-refractivity contribution in [3.05, 3.63) is 34.9 Å². The number of amides is 1. The van der Waals surface area contributed by atoms with E-state index in [1.54, 1.807) is 0 Å². The largest absolute Gasteiger partial charge is 0.352 e. The Kier molecular flexibility index (Phi) is 4.25. The van der Waals surface area contributed by atoms with E-state index in [2.05, 4.69) is 37.5 Å². The van der Waals surface area contributed by atoms with E-state index in [1.807, 2.05) is 12.1 Å². The van der Waals surface area contributed by atoms with E-state index in [4.69, 9.17) is 0 Å². The van der Waals surface area contributed by atoms with Crippen LogP contribution < -0.4 is 10.6 Å². The summed E-state index contributed by atoms with van der Waals surface area (Å²) in [5.41, 5.74) is 3.66. The highest BCUT2D eigenvalue weighted by atomic mass is 16.1. The highest BCUT2D eigenvalue weighted by Gasteiger charge is 2.14.